The Bertz CT molecular complexity index is 975. The fraction of sp³-hybridized carbons (Fsp3) is 0.333. The lowest BCUT2D eigenvalue weighted by Gasteiger charge is -2.09. The molecule has 0 radical (unpaired) electrons. The van der Waals surface area contributed by atoms with E-state index in [1.54, 1.807) is 10.9 Å². The van der Waals surface area contributed by atoms with E-state index in [1.807, 2.05) is 6.26 Å². The SMILES string of the molecule is CCCNc1nc(SC)nc2c1cnn2CCNC(=O)c1c(F)cccc1Cl. The molecule has 1 aromatic carbocycles. The second kappa shape index (κ2) is 9.20. The van der Waals surface area contributed by atoms with Crippen LogP contribution in [-0.2, 0) is 6.54 Å². The van der Waals surface area contributed by atoms with E-state index in [1.165, 1.54) is 30.0 Å². The van der Waals surface area contributed by atoms with Gasteiger partial charge in [-0.1, -0.05) is 36.4 Å². The van der Waals surface area contributed by atoms with E-state index < -0.39 is 11.7 Å². The van der Waals surface area contributed by atoms with Gasteiger partial charge in [0.1, 0.15) is 11.6 Å². The first kappa shape index (κ1) is 20.3. The van der Waals surface area contributed by atoms with Crippen molar-refractivity contribution in [3.05, 3.63) is 40.8 Å². The summed E-state index contributed by atoms with van der Waals surface area (Å²) in [5.41, 5.74) is 0.517. The van der Waals surface area contributed by atoms with Crippen molar-refractivity contribution >= 4 is 46.1 Å². The van der Waals surface area contributed by atoms with Crippen LogP contribution in [0.4, 0.5) is 10.2 Å². The van der Waals surface area contributed by atoms with Crippen LogP contribution in [0.3, 0.4) is 0 Å². The standard InChI is InChI=1S/C18H20ClFN6OS/c1-3-7-21-15-11-10-23-26(16(11)25-18(24-15)28-2)9-8-22-17(27)14-12(19)5-4-6-13(14)20/h4-6,10H,3,7-9H2,1-2H3,(H,22,27)(H,21,24,25). The highest BCUT2D eigenvalue weighted by Crippen LogP contribution is 2.23. The quantitative estimate of drug-likeness (QED) is 0.426. The topological polar surface area (TPSA) is 84.7 Å². The van der Waals surface area contributed by atoms with Crippen LogP contribution in [-0.4, -0.2) is 45.0 Å². The maximum absolute atomic E-state index is 13.9. The number of amides is 1. The van der Waals surface area contributed by atoms with E-state index in [2.05, 4.69) is 32.6 Å². The van der Waals surface area contributed by atoms with Crippen molar-refractivity contribution in [1.82, 2.24) is 25.1 Å². The molecule has 10 heteroatoms. The number of aromatic nitrogens is 4. The number of carbonyl (C=O) groups is 1. The molecular weight excluding hydrogens is 403 g/mol. The summed E-state index contributed by atoms with van der Waals surface area (Å²) in [7, 11) is 0. The minimum Gasteiger partial charge on any atom is -0.369 e. The first-order chi connectivity index (χ1) is 13.5. The van der Waals surface area contributed by atoms with Gasteiger partial charge in [0.05, 0.1) is 28.7 Å². The molecule has 0 aliphatic rings. The summed E-state index contributed by atoms with van der Waals surface area (Å²) in [6.45, 7) is 3.50. The number of rotatable bonds is 8. The number of thioether (sulfide) groups is 1. The molecule has 0 fully saturated rings. The molecule has 7 nitrogen and oxygen atoms in total. The molecule has 0 unspecified atom stereocenters. The van der Waals surface area contributed by atoms with E-state index in [9.17, 15) is 9.18 Å². The summed E-state index contributed by atoms with van der Waals surface area (Å²) in [4.78, 5) is 21.3. The third kappa shape index (κ3) is 4.36. The lowest BCUT2D eigenvalue weighted by molar-refractivity contribution is 0.0948. The van der Waals surface area contributed by atoms with Crippen LogP contribution in [0, 0.1) is 5.82 Å². The molecule has 2 N–H and O–H groups in total. The normalized spacial score (nSPS) is 11.0. The second-order valence-corrected chi connectivity index (χ2v) is 7.12. The van der Waals surface area contributed by atoms with Crippen LogP contribution >= 0.6 is 23.4 Å². The Balaban J connectivity index is 1.75. The van der Waals surface area contributed by atoms with Crippen molar-refractivity contribution in [2.45, 2.75) is 25.0 Å². The zero-order chi connectivity index (χ0) is 20.1. The van der Waals surface area contributed by atoms with Crippen LogP contribution < -0.4 is 10.6 Å². The molecule has 1 amide bonds. The van der Waals surface area contributed by atoms with E-state index in [0.29, 0.717) is 17.3 Å². The number of hydrogen-bond acceptors (Lipinski definition) is 6. The molecule has 3 rings (SSSR count). The van der Waals surface area contributed by atoms with E-state index >= 15 is 0 Å². The molecule has 0 spiro atoms. The number of carbonyl (C=O) groups excluding carboxylic acids is 1. The lowest BCUT2D eigenvalue weighted by Crippen LogP contribution is -2.28. The average molecular weight is 423 g/mol. The zero-order valence-corrected chi connectivity index (χ0v) is 17.1. The van der Waals surface area contributed by atoms with Gasteiger partial charge < -0.3 is 10.6 Å². The number of halogens is 2. The molecule has 2 heterocycles. The third-order valence-corrected chi connectivity index (χ3v) is 4.86. The minimum absolute atomic E-state index is 0.0750. The molecule has 0 bridgehead atoms. The van der Waals surface area contributed by atoms with Gasteiger partial charge in [-0.05, 0) is 24.8 Å². The minimum atomic E-state index is -0.654. The Morgan fingerprint density at radius 2 is 2.14 bits per heavy atom. The number of nitrogens with one attached hydrogen (secondary N) is 2. The Morgan fingerprint density at radius 1 is 1.32 bits per heavy atom. The number of nitrogens with zero attached hydrogens (tertiary/aromatic N) is 4. The van der Waals surface area contributed by atoms with Crippen molar-refractivity contribution in [1.29, 1.82) is 0 Å². The lowest BCUT2D eigenvalue weighted by atomic mass is 10.2. The highest BCUT2D eigenvalue weighted by molar-refractivity contribution is 7.98. The molecule has 0 saturated heterocycles. The second-order valence-electron chi connectivity index (χ2n) is 5.94. The van der Waals surface area contributed by atoms with Crippen LogP contribution in [0.1, 0.15) is 23.7 Å². The molecule has 0 atom stereocenters. The summed E-state index contributed by atoms with van der Waals surface area (Å²) >= 11 is 7.37. The smallest absolute Gasteiger partial charge is 0.255 e. The molecule has 2 aromatic heterocycles. The number of anilines is 1. The van der Waals surface area contributed by atoms with Crippen LogP contribution in [0.5, 0.6) is 0 Å². The molecule has 0 saturated carbocycles. The number of hydrogen-bond donors (Lipinski definition) is 2. The Morgan fingerprint density at radius 3 is 2.86 bits per heavy atom. The maximum atomic E-state index is 13.9. The van der Waals surface area contributed by atoms with Gasteiger partial charge in [0, 0.05) is 13.1 Å². The van der Waals surface area contributed by atoms with Crippen molar-refractivity contribution < 1.29 is 9.18 Å². The molecule has 0 aliphatic heterocycles. The first-order valence-electron chi connectivity index (χ1n) is 8.78. The van der Waals surface area contributed by atoms with E-state index in [-0.39, 0.29) is 17.1 Å². The molecule has 3 aromatic rings. The van der Waals surface area contributed by atoms with Gasteiger partial charge in [0.25, 0.3) is 5.91 Å². The molecular formula is C18H20ClFN6OS. The fourth-order valence-corrected chi connectivity index (χ4v) is 3.26. The van der Waals surface area contributed by atoms with Gasteiger partial charge in [0.15, 0.2) is 10.8 Å². The summed E-state index contributed by atoms with van der Waals surface area (Å²) in [6, 6.07) is 4.14. The van der Waals surface area contributed by atoms with Crippen LogP contribution in [0.2, 0.25) is 5.02 Å². The fourth-order valence-electron chi connectivity index (χ4n) is 2.65. The monoisotopic (exact) mass is 422 g/mol. The Hall–Kier alpha value is -2.39. The molecule has 28 heavy (non-hydrogen) atoms. The van der Waals surface area contributed by atoms with E-state index in [4.69, 9.17) is 11.6 Å². The Labute approximate surface area is 171 Å². The number of fused-ring (bicyclic) bond motifs is 1. The third-order valence-electron chi connectivity index (χ3n) is 4.00. The zero-order valence-electron chi connectivity index (χ0n) is 15.5. The van der Waals surface area contributed by atoms with Gasteiger partial charge in [-0.2, -0.15) is 5.10 Å². The summed E-state index contributed by atoms with van der Waals surface area (Å²) in [5, 5.41) is 11.8. The summed E-state index contributed by atoms with van der Waals surface area (Å²) < 4.78 is 15.5. The average Bonchev–Trinajstić information content (AvgIpc) is 3.09. The van der Waals surface area contributed by atoms with Gasteiger partial charge >= 0.3 is 0 Å². The summed E-state index contributed by atoms with van der Waals surface area (Å²) in [6.07, 6.45) is 4.58. The van der Waals surface area contributed by atoms with Crippen LogP contribution in [0.25, 0.3) is 11.0 Å². The first-order valence-corrected chi connectivity index (χ1v) is 10.4. The van der Waals surface area contributed by atoms with Gasteiger partial charge in [-0.15, -0.1) is 0 Å². The van der Waals surface area contributed by atoms with Crippen molar-refractivity contribution in [3.8, 4) is 0 Å². The van der Waals surface area contributed by atoms with Crippen molar-refractivity contribution in [2.24, 2.45) is 0 Å². The molecule has 0 aliphatic carbocycles. The number of benzene rings is 1. The summed E-state index contributed by atoms with van der Waals surface area (Å²) in [5.74, 6) is -0.479. The maximum Gasteiger partial charge on any atom is 0.255 e. The van der Waals surface area contributed by atoms with E-state index in [0.717, 1.165) is 24.2 Å². The van der Waals surface area contributed by atoms with Crippen LogP contribution in [0.15, 0.2) is 29.6 Å². The van der Waals surface area contributed by atoms with Gasteiger partial charge in [-0.3, -0.25) is 4.79 Å². The highest BCUT2D eigenvalue weighted by atomic mass is 35.5. The highest BCUT2D eigenvalue weighted by Gasteiger charge is 2.16. The van der Waals surface area contributed by atoms with Crippen molar-refractivity contribution in [2.75, 3.05) is 24.7 Å². The van der Waals surface area contributed by atoms with Gasteiger partial charge in [0.2, 0.25) is 0 Å². The predicted octanol–water partition coefficient (Wildman–Crippen LogP) is 3.59. The largest absolute Gasteiger partial charge is 0.369 e. The van der Waals surface area contributed by atoms with Gasteiger partial charge in [-0.25, -0.2) is 19.0 Å². The Kier molecular flexibility index (Phi) is 6.69. The van der Waals surface area contributed by atoms with Crippen molar-refractivity contribution in [3.63, 3.8) is 0 Å². The molecule has 148 valence electrons. The predicted molar refractivity (Wildman–Crippen MR) is 110 cm³/mol.